The number of aromatic nitrogens is 1. The van der Waals surface area contributed by atoms with Gasteiger partial charge in [0, 0.05) is 55.2 Å². The van der Waals surface area contributed by atoms with Gasteiger partial charge in [0.1, 0.15) is 0 Å². The molecule has 2 heterocycles. The molecule has 0 unspecified atom stereocenters. The molecule has 1 fully saturated rings. The highest BCUT2D eigenvalue weighted by atomic mass is 127. The molecule has 150 valence electrons. The average Bonchev–Trinajstić information content (AvgIpc) is 3.09. The number of aromatic amines is 1. The Labute approximate surface area is 183 Å². The molecule has 1 aromatic heterocycles. The number of hydrogen-bond acceptors (Lipinski definition) is 3. The molecule has 0 bridgehead atoms. The first-order valence-electron chi connectivity index (χ1n) is 9.47. The quantitative estimate of drug-likeness (QED) is 0.306. The number of H-pyrrole nitrogens is 1. The van der Waals surface area contributed by atoms with Crippen LogP contribution >= 0.6 is 35.7 Å². The van der Waals surface area contributed by atoms with Crippen molar-refractivity contribution >= 4 is 52.6 Å². The highest BCUT2D eigenvalue weighted by Crippen LogP contribution is 2.34. The van der Waals surface area contributed by atoms with Crippen LogP contribution in [0.5, 0.6) is 0 Å². The second-order valence-corrected chi connectivity index (χ2v) is 8.42. The number of guanidine groups is 1. The van der Waals surface area contributed by atoms with Crippen molar-refractivity contribution in [1.82, 2.24) is 15.6 Å². The Kier molecular flexibility index (Phi) is 9.25. The van der Waals surface area contributed by atoms with Gasteiger partial charge in [-0.2, -0.15) is 11.8 Å². The third-order valence-corrected chi connectivity index (χ3v) is 6.47. The Balaban J connectivity index is 0.00000261. The first-order chi connectivity index (χ1) is 12.8. The van der Waals surface area contributed by atoms with Crippen LogP contribution in [0.2, 0.25) is 0 Å². The van der Waals surface area contributed by atoms with E-state index in [1.165, 1.54) is 16.5 Å². The zero-order chi connectivity index (χ0) is 18.2. The number of aliphatic imine (C=N–C) groups is 1. The minimum Gasteiger partial charge on any atom is -0.381 e. The number of nitrogens with zero attached hydrogens (tertiary/aromatic N) is 1. The fraction of sp³-hybridized carbons (Fsp3) is 0.550. The number of hydrogen-bond donors (Lipinski definition) is 3. The molecule has 3 rings (SSSR count). The van der Waals surface area contributed by atoms with E-state index in [-0.39, 0.29) is 28.7 Å². The van der Waals surface area contributed by atoms with Gasteiger partial charge in [0.05, 0.1) is 0 Å². The van der Waals surface area contributed by atoms with Gasteiger partial charge < -0.3 is 20.4 Å². The zero-order valence-corrected chi connectivity index (χ0v) is 19.4. The first kappa shape index (κ1) is 22.4. The van der Waals surface area contributed by atoms with Gasteiger partial charge in [-0.05, 0) is 36.6 Å². The van der Waals surface area contributed by atoms with E-state index in [0.29, 0.717) is 0 Å². The molecule has 0 radical (unpaired) electrons. The fourth-order valence-corrected chi connectivity index (χ4v) is 4.78. The number of halogens is 1. The Morgan fingerprint density at radius 1 is 1.26 bits per heavy atom. The van der Waals surface area contributed by atoms with Crippen LogP contribution in [-0.2, 0) is 11.2 Å². The lowest BCUT2D eigenvalue weighted by atomic mass is 9.99. The average molecular weight is 502 g/mol. The highest BCUT2D eigenvalue weighted by Gasteiger charge is 2.32. The van der Waals surface area contributed by atoms with Gasteiger partial charge in [-0.15, -0.1) is 24.0 Å². The van der Waals surface area contributed by atoms with Gasteiger partial charge in [0.2, 0.25) is 0 Å². The maximum Gasteiger partial charge on any atom is 0.191 e. The van der Waals surface area contributed by atoms with Crippen molar-refractivity contribution in [3.8, 4) is 0 Å². The molecule has 0 amide bonds. The molecule has 1 aliphatic heterocycles. The summed E-state index contributed by atoms with van der Waals surface area (Å²) in [5.41, 5.74) is 2.54. The molecule has 1 aliphatic rings. The monoisotopic (exact) mass is 502 g/mol. The molecule has 3 N–H and O–H groups in total. The molecule has 0 spiro atoms. The van der Waals surface area contributed by atoms with Crippen molar-refractivity contribution < 1.29 is 4.74 Å². The second kappa shape index (κ2) is 11.2. The molecule has 2 aromatic rings. The summed E-state index contributed by atoms with van der Waals surface area (Å²) in [6.07, 6.45) is 5.28. The smallest absolute Gasteiger partial charge is 0.191 e. The van der Waals surface area contributed by atoms with E-state index in [0.717, 1.165) is 57.3 Å². The number of rotatable bonds is 7. The van der Waals surface area contributed by atoms with Gasteiger partial charge in [0.15, 0.2) is 5.96 Å². The van der Waals surface area contributed by atoms with Crippen LogP contribution in [0.25, 0.3) is 10.9 Å². The molecule has 0 atom stereocenters. The van der Waals surface area contributed by atoms with E-state index in [1.54, 1.807) is 0 Å². The molecule has 0 aliphatic carbocycles. The van der Waals surface area contributed by atoms with Crippen molar-refractivity contribution in [2.75, 3.05) is 39.1 Å². The van der Waals surface area contributed by atoms with Gasteiger partial charge >= 0.3 is 0 Å². The van der Waals surface area contributed by atoms with Crippen LogP contribution in [0.1, 0.15) is 25.3 Å². The van der Waals surface area contributed by atoms with Crippen molar-refractivity contribution in [3.63, 3.8) is 0 Å². The fourth-order valence-electron chi connectivity index (χ4n) is 3.54. The topological polar surface area (TPSA) is 61.4 Å². The lowest BCUT2D eigenvalue weighted by Gasteiger charge is -2.37. The summed E-state index contributed by atoms with van der Waals surface area (Å²) in [7, 11) is 1.84. The summed E-state index contributed by atoms with van der Waals surface area (Å²) in [4.78, 5) is 7.73. The third kappa shape index (κ3) is 6.02. The zero-order valence-electron chi connectivity index (χ0n) is 16.2. The maximum atomic E-state index is 5.56. The van der Waals surface area contributed by atoms with Crippen LogP contribution in [0.15, 0.2) is 35.5 Å². The van der Waals surface area contributed by atoms with Crippen LogP contribution in [0.3, 0.4) is 0 Å². The van der Waals surface area contributed by atoms with Gasteiger partial charge in [-0.25, -0.2) is 0 Å². The summed E-state index contributed by atoms with van der Waals surface area (Å²) in [5.74, 6) is 2.02. The molecular formula is C20H31IN4OS. The predicted octanol–water partition coefficient (Wildman–Crippen LogP) is 3.80. The number of nitrogens with one attached hydrogen (secondary N) is 3. The van der Waals surface area contributed by atoms with Gasteiger partial charge in [-0.3, -0.25) is 4.99 Å². The van der Waals surface area contributed by atoms with Crippen LogP contribution in [0.4, 0.5) is 0 Å². The molecule has 1 aromatic carbocycles. The third-order valence-electron chi connectivity index (χ3n) is 5.02. The lowest BCUT2D eigenvalue weighted by Crippen LogP contribution is -2.48. The number of benzene rings is 1. The van der Waals surface area contributed by atoms with Crippen molar-refractivity contribution in [3.05, 3.63) is 36.0 Å². The Hall–Kier alpha value is -0.930. The minimum atomic E-state index is 0. The summed E-state index contributed by atoms with van der Waals surface area (Å²) in [5, 5.41) is 8.30. The van der Waals surface area contributed by atoms with Gasteiger partial charge in [0.25, 0.3) is 0 Å². The summed E-state index contributed by atoms with van der Waals surface area (Å²) < 4.78 is 5.82. The summed E-state index contributed by atoms with van der Waals surface area (Å²) in [6.45, 7) is 5.75. The second-order valence-electron chi connectivity index (χ2n) is 6.69. The van der Waals surface area contributed by atoms with Crippen molar-refractivity contribution in [2.24, 2.45) is 4.99 Å². The molecule has 5 nitrogen and oxygen atoms in total. The van der Waals surface area contributed by atoms with Crippen molar-refractivity contribution in [1.29, 1.82) is 0 Å². The largest absolute Gasteiger partial charge is 0.381 e. The van der Waals surface area contributed by atoms with Crippen LogP contribution in [-0.4, -0.2) is 54.8 Å². The molecular weight excluding hydrogens is 471 g/mol. The highest BCUT2D eigenvalue weighted by molar-refractivity contribution is 14.0. The molecule has 7 heteroatoms. The van der Waals surface area contributed by atoms with Crippen molar-refractivity contribution in [2.45, 2.75) is 30.9 Å². The standard InChI is InChI=1S/C20H30N4OS.HI/c1-3-26-20(9-12-25-13-10-20)15-24-19(21-2)22-11-8-16-14-23-18-7-5-4-6-17(16)18;/h4-7,14,23H,3,8-13,15H2,1-2H3,(H2,21,22,24);1H. The SMILES string of the molecule is CCSC1(CNC(=NC)NCCc2c[nH]c3ccccc23)CCOCC1.I. The minimum absolute atomic E-state index is 0. The molecule has 0 saturated carbocycles. The van der Waals surface area contributed by atoms with Crippen LogP contribution < -0.4 is 10.6 Å². The molecule has 27 heavy (non-hydrogen) atoms. The Morgan fingerprint density at radius 2 is 2.04 bits per heavy atom. The Morgan fingerprint density at radius 3 is 2.78 bits per heavy atom. The normalized spacial score (nSPS) is 16.7. The number of thioether (sulfide) groups is 1. The van der Waals surface area contributed by atoms with E-state index >= 15 is 0 Å². The number of para-hydroxylation sites is 1. The number of fused-ring (bicyclic) bond motifs is 1. The Bertz CT molecular complexity index is 722. The van der Waals surface area contributed by atoms with Gasteiger partial charge in [-0.1, -0.05) is 25.1 Å². The lowest BCUT2D eigenvalue weighted by molar-refractivity contribution is 0.0782. The van der Waals surface area contributed by atoms with E-state index in [1.807, 2.05) is 18.8 Å². The van der Waals surface area contributed by atoms with Crippen LogP contribution in [0, 0.1) is 0 Å². The maximum absolute atomic E-state index is 5.56. The predicted molar refractivity (Wildman–Crippen MR) is 128 cm³/mol. The van der Waals surface area contributed by atoms with E-state index in [2.05, 4.69) is 58.0 Å². The number of ether oxygens (including phenoxy) is 1. The summed E-state index contributed by atoms with van der Waals surface area (Å²) >= 11 is 2.05. The van der Waals surface area contributed by atoms with E-state index in [9.17, 15) is 0 Å². The summed E-state index contributed by atoms with van der Waals surface area (Å²) in [6, 6.07) is 8.44. The first-order valence-corrected chi connectivity index (χ1v) is 10.5. The van der Waals surface area contributed by atoms with E-state index < -0.39 is 0 Å². The molecule has 1 saturated heterocycles. The van der Waals surface area contributed by atoms with E-state index in [4.69, 9.17) is 4.74 Å².